The van der Waals surface area contributed by atoms with Gasteiger partial charge in [0.05, 0.1) is 5.60 Å². The third kappa shape index (κ3) is 3.29. The Morgan fingerprint density at radius 1 is 1.35 bits per heavy atom. The summed E-state index contributed by atoms with van der Waals surface area (Å²) in [5.74, 6) is 0.768. The summed E-state index contributed by atoms with van der Waals surface area (Å²) in [6.45, 7) is 5.75. The highest BCUT2D eigenvalue weighted by molar-refractivity contribution is 5.83. The smallest absolute Gasteiger partial charge is 0.137 e. The van der Waals surface area contributed by atoms with E-state index in [9.17, 15) is 9.90 Å². The second-order valence-electron chi connectivity index (χ2n) is 6.27. The van der Waals surface area contributed by atoms with E-state index in [4.69, 9.17) is 0 Å². The molecule has 3 heteroatoms. The molecule has 0 bridgehead atoms. The first-order chi connectivity index (χ1) is 7.97. The zero-order chi connectivity index (χ0) is 12.5. The first kappa shape index (κ1) is 13.0. The number of carbonyl (C=O) groups is 1. The Bertz CT molecular complexity index is 282. The molecule has 0 aromatic carbocycles. The molecule has 1 saturated heterocycles. The van der Waals surface area contributed by atoms with Crippen LogP contribution in [0.3, 0.4) is 0 Å². The molecule has 2 unspecified atom stereocenters. The van der Waals surface area contributed by atoms with Crippen molar-refractivity contribution < 1.29 is 9.90 Å². The third-order valence-corrected chi connectivity index (χ3v) is 4.24. The van der Waals surface area contributed by atoms with Crippen LogP contribution in [0.4, 0.5) is 0 Å². The minimum absolute atomic E-state index is 0.291. The molecule has 1 aliphatic heterocycles. The quantitative estimate of drug-likeness (QED) is 0.815. The number of carbonyl (C=O) groups excluding carboxylic acids is 1. The van der Waals surface area contributed by atoms with Crippen molar-refractivity contribution in [1.29, 1.82) is 0 Å². The van der Waals surface area contributed by atoms with Crippen LogP contribution in [0.15, 0.2) is 0 Å². The Morgan fingerprint density at radius 3 is 2.71 bits per heavy atom. The summed E-state index contributed by atoms with van der Waals surface area (Å²) in [7, 11) is 0. The Labute approximate surface area is 104 Å². The van der Waals surface area contributed by atoms with E-state index < -0.39 is 5.60 Å². The van der Waals surface area contributed by atoms with E-state index in [2.05, 4.69) is 4.90 Å². The summed E-state index contributed by atoms with van der Waals surface area (Å²) in [4.78, 5) is 14.3. The highest BCUT2D eigenvalue weighted by atomic mass is 16.3. The average Bonchev–Trinajstić information content (AvgIpc) is 2.81. The normalized spacial score (nSPS) is 31.4. The molecule has 0 radical (unpaired) electrons. The predicted octanol–water partition coefficient (Wildman–Crippen LogP) is 1.98. The van der Waals surface area contributed by atoms with Gasteiger partial charge in [-0.15, -0.1) is 0 Å². The molecule has 2 fully saturated rings. The zero-order valence-electron chi connectivity index (χ0n) is 11.1. The molecular weight excluding hydrogens is 214 g/mol. The van der Waals surface area contributed by atoms with Crippen molar-refractivity contribution in [3.05, 3.63) is 0 Å². The van der Waals surface area contributed by atoms with Gasteiger partial charge in [0.15, 0.2) is 0 Å². The molecule has 2 rings (SSSR count). The van der Waals surface area contributed by atoms with Gasteiger partial charge in [0.25, 0.3) is 0 Å². The fourth-order valence-corrected chi connectivity index (χ4v) is 3.25. The molecule has 0 spiro atoms. The van der Waals surface area contributed by atoms with Crippen LogP contribution in [0, 0.1) is 5.92 Å². The van der Waals surface area contributed by atoms with Crippen LogP contribution < -0.4 is 0 Å². The van der Waals surface area contributed by atoms with Crippen LogP contribution in [-0.2, 0) is 4.79 Å². The van der Waals surface area contributed by atoms with Gasteiger partial charge in [-0.25, -0.2) is 0 Å². The molecule has 2 atom stereocenters. The first-order valence-corrected chi connectivity index (χ1v) is 6.96. The van der Waals surface area contributed by atoms with Gasteiger partial charge in [-0.1, -0.05) is 0 Å². The fourth-order valence-electron chi connectivity index (χ4n) is 3.25. The minimum Gasteiger partial charge on any atom is -0.390 e. The summed E-state index contributed by atoms with van der Waals surface area (Å²) in [5.41, 5.74) is -0.590. The third-order valence-electron chi connectivity index (χ3n) is 4.24. The summed E-state index contributed by atoms with van der Waals surface area (Å²) >= 11 is 0. The summed E-state index contributed by atoms with van der Waals surface area (Å²) in [5, 5.41) is 9.79. The molecule has 1 aliphatic carbocycles. The Hall–Kier alpha value is -0.410. The van der Waals surface area contributed by atoms with E-state index in [0.29, 0.717) is 17.7 Å². The lowest BCUT2D eigenvalue weighted by atomic mass is 9.94. The second-order valence-corrected chi connectivity index (χ2v) is 6.27. The lowest BCUT2D eigenvalue weighted by Crippen LogP contribution is -2.40. The van der Waals surface area contributed by atoms with Crippen molar-refractivity contribution in [2.45, 2.75) is 64.0 Å². The van der Waals surface area contributed by atoms with Gasteiger partial charge in [0, 0.05) is 24.9 Å². The van der Waals surface area contributed by atoms with Gasteiger partial charge < -0.3 is 5.11 Å². The number of ketones is 1. The minimum atomic E-state index is -0.590. The lowest BCUT2D eigenvalue weighted by molar-refractivity contribution is -0.122. The molecule has 0 amide bonds. The molecule has 1 N–H and O–H groups in total. The molecule has 3 nitrogen and oxygen atoms in total. The number of rotatable bonds is 4. The maximum absolute atomic E-state index is 11.8. The van der Waals surface area contributed by atoms with Gasteiger partial charge in [0.1, 0.15) is 5.78 Å². The molecule has 0 aromatic rings. The van der Waals surface area contributed by atoms with Crippen molar-refractivity contribution in [2.24, 2.45) is 5.92 Å². The lowest BCUT2D eigenvalue weighted by Gasteiger charge is -2.30. The van der Waals surface area contributed by atoms with Crippen LogP contribution in [0.5, 0.6) is 0 Å². The zero-order valence-corrected chi connectivity index (χ0v) is 11.1. The monoisotopic (exact) mass is 239 g/mol. The largest absolute Gasteiger partial charge is 0.390 e. The van der Waals surface area contributed by atoms with Crippen molar-refractivity contribution in [3.63, 3.8) is 0 Å². The van der Waals surface area contributed by atoms with Crippen LogP contribution >= 0.6 is 0 Å². The average molecular weight is 239 g/mol. The van der Waals surface area contributed by atoms with Gasteiger partial charge in [0.2, 0.25) is 0 Å². The van der Waals surface area contributed by atoms with Crippen LogP contribution in [0.1, 0.15) is 52.4 Å². The fraction of sp³-hybridized carbons (Fsp3) is 0.929. The maximum Gasteiger partial charge on any atom is 0.137 e. The predicted molar refractivity (Wildman–Crippen MR) is 67.9 cm³/mol. The number of likely N-dealkylation sites (tertiary alicyclic amines) is 1. The van der Waals surface area contributed by atoms with Gasteiger partial charge in [-0.05, 0) is 52.5 Å². The number of nitrogens with zero attached hydrogens (tertiary/aromatic N) is 1. The molecule has 2 aliphatic rings. The molecule has 17 heavy (non-hydrogen) atoms. The Morgan fingerprint density at radius 2 is 2.12 bits per heavy atom. The van der Waals surface area contributed by atoms with Crippen LogP contribution in [0.25, 0.3) is 0 Å². The molecule has 1 saturated carbocycles. The molecule has 98 valence electrons. The number of Topliss-reactive ketones (excluding diaryl/α,β-unsaturated/α-hetero) is 1. The first-order valence-electron chi connectivity index (χ1n) is 6.96. The second kappa shape index (κ2) is 5.07. The van der Waals surface area contributed by atoms with Crippen molar-refractivity contribution in [3.8, 4) is 0 Å². The highest BCUT2D eigenvalue weighted by Gasteiger charge is 2.38. The number of aliphatic hydroxyl groups is 1. The maximum atomic E-state index is 11.8. The van der Waals surface area contributed by atoms with Crippen molar-refractivity contribution >= 4 is 5.78 Å². The van der Waals surface area contributed by atoms with E-state index in [1.165, 1.54) is 12.8 Å². The van der Waals surface area contributed by atoms with Crippen LogP contribution in [-0.4, -0.2) is 40.5 Å². The van der Waals surface area contributed by atoms with Gasteiger partial charge >= 0.3 is 0 Å². The van der Waals surface area contributed by atoms with E-state index in [1.807, 2.05) is 13.8 Å². The highest BCUT2D eigenvalue weighted by Crippen LogP contribution is 2.33. The molecule has 1 heterocycles. The van der Waals surface area contributed by atoms with Gasteiger partial charge in [-0.2, -0.15) is 0 Å². The topological polar surface area (TPSA) is 40.5 Å². The van der Waals surface area contributed by atoms with E-state index in [1.54, 1.807) is 0 Å². The van der Waals surface area contributed by atoms with Gasteiger partial charge in [-0.3, -0.25) is 9.69 Å². The number of hydrogen-bond donors (Lipinski definition) is 1. The Kier molecular flexibility index (Phi) is 3.88. The number of hydrogen-bond acceptors (Lipinski definition) is 3. The molecular formula is C14H25NO2. The standard InChI is InChI=1S/C14H25NO2/c1-14(2,17)8-10-15-9-4-6-12(15)11-5-3-7-13(11)16/h11-12,17H,3-10H2,1-2H3. The van der Waals surface area contributed by atoms with Crippen molar-refractivity contribution in [1.82, 2.24) is 4.90 Å². The molecule has 0 aromatic heterocycles. The van der Waals surface area contributed by atoms with E-state index in [0.717, 1.165) is 38.8 Å². The summed E-state index contributed by atoms with van der Waals surface area (Å²) < 4.78 is 0. The van der Waals surface area contributed by atoms with Crippen molar-refractivity contribution in [2.75, 3.05) is 13.1 Å². The SMILES string of the molecule is CC(C)(O)CCN1CCCC1C1CCCC1=O. The Balaban J connectivity index is 1.91. The van der Waals surface area contributed by atoms with E-state index in [-0.39, 0.29) is 0 Å². The summed E-state index contributed by atoms with van der Waals surface area (Å²) in [6.07, 6.45) is 6.13. The van der Waals surface area contributed by atoms with E-state index >= 15 is 0 Å². The van der Waals surface area contributed by atoms with Crippen LogP contribution in [0.2, 0.25) is 0 Å². The summed E-state index contributed by atoms with van der Waals surface area (Å²) in [6, 6.07) is 0.465.